The molecule has 11 heteroatoms. The average Bonchev–Trinajstić information content (AvgIpc) is 3.19. The molecular weight excluding hydrogens is 379 g/mol. The van der Waals surface area contributed by atoms with Crippen LogP contribution in [0.15, 0.2) is 33.9 Å². The molecule has 0 saturated heterocycles. The summed E-state index contributed by atoms with van der Waals surface area (Å²) < 4.78 is 44.7. The molecule has 0 radical (unpaired) electrons. The van der Waals surface area contributed by atoms with Crippen LogP contribution in [0.2, 0.25) is 5.02 Å². The van der Waals surface area contributed by atoms with Crippen LogP contribution in [0.4, 0.5) is 13.2 Å². The standard InChI is InChI=1S/C14H11ClF3N5OS/c1-2-23-12(14(16,17)18)20-21-13(23)25-7-10-19-11(24-22-10)8-4-3-5-9(15)6-8/h3-6H,2,7H2,1H3. The molecule has 3 aromatic rings. The van der Waals surface area contributed by atoms with E-state index in [1.54, 1.807) is 31.2 Å². The second-order valence-electron chi connectivity index (χ2n) is 4.86. The largest absolute Gasteiger partial charge is 0.451 e. The molecule has 0 amide bonds. The average molecular weight is 390 g/mol. The van der Waals surface area contributed by atoms with Gasteiger partial charge in [-0.25, -0.2) is 0 Å². The van der Waals surface area contributed by atoms with Crippen molar-refractivity contribution in [1.82, 2.24) is 24.9 Å². The molecule has 132 valence electrons. The highest BCUT2D eigenvalue weighted by Crippen LogP contribution is 2.31. The lowest BCUT2D eigenvalue weighted by Gasteiger charge is -2.08. The molecule has 0 atom stereocenters. The highest BCUT2D eigenvalue weighted by molar-refractivity contribution is 7.98. The van der Waals surface area contributed by atoms with E-state index < -0.39 is 12.0 Å². The molecule has 25 heavy (non-hydrogen) atoms. The van der Waals surface area contributed by atoms with E-state index in [9.17, 15) is 13.2 Å². The summed E-state index contributed by atoms with van der Waals surface area (Å²) in [4.78, 5) is 4.21. The minimum Gasteiger partial charge on any atom is -0.334 e. The maximum atomic E-state index is 12.9. The summed E-state index contributed by atoms with van der Waals surface area (Å²) >= 11 is 6.96. The third-order valence-corrected chi connectivity index (χ3v) is 4.35. The minimum atomic E-state index is -4.55. The van der Waals surface area contributed by atoms with E-state index in [-0.39, 0.29) is 23.3 Å². The summed E-state index contributed by atoms with van der Waals surface area (Å²) in [5, 5.41) is 11.3. The lowest BCUT2D eigenvalue weighted by molar-refractivity contribution is -0.147. The number of hydrogen-bond donors (Lipinski definition) is 0. The maximum Gasteiger partial charge on any atom is 0.451 e. The first-order valence-electron chi connectivity index (χ1n) is 7.10. The first-order valence-corrected chi connectivity index (χ1v) is 8.46. The fraction of sp³-hybridized carbons (Fsp3) is 0.286. The van der Waals surface area contributed by atoms with Gasteiger partial charge in [-0.2, -0.15) is 18.2 Å². The predicted octanol–water partition coefficient (Wildman–Crippen LogP) is 4.31. The zero-order valence-corrected chi connectivity index (χ0v) is 14.4. The van der Waals surface area contributed by atoms with Crippen molar-refractivity contribution >= 4 is 23.4 Å². The van der Waals surface area contributed by atoms with E-state index in [0.29, 0.717) is 16.4 Å². The van der Waals surface area contributed by atoms with Gasteiger partial charge in [-0.05, 0) is 25.1 Å². The number of rotatable bonds is 5. The van der Waals surface area contributed by atoms with Gasteiger partial charge in [0.05, 0.1) is 5.75 Å². The Labute approximate surface area is 149 Å². The molecule has 3 rings (SSSR count). The van der Waals surface area contributed by atoms with Crippen molar-refractivity contribution < 1.29 is 17.7 Å². The van der Waals surface area contributed by atoms with Gasteiger partial charge in [0.15, 0.2) is 11.0 Å². The quantitative estimate of drug-likeness (QED) is 0.605. The Morgan fingerprint density at radius 1 is 1.28 bits per heavy atom. The van der Waals surface area contributed by atoms with E-state index >= 15 is 0 Å². The number of hydrogen-bond acceptors (Lipinski definition) is 6. The van der Waals surface area contributed by atoms with Crippen molar-refractivity contribution in [2.24, 2.45) is 0 Å². The van der Waals surface area contributed by atoms with Crippen molar-refractivity contribution in [2.75, 3.05) is 0 Å². The molecule has 1 aromatic carbocycles. The Kier molecular flexibility index (Phi) is 5.00. The first kappa shape index (κ1) is 17.7. The zero-order chi connectivity index (χ0) is 18.0. The first-order chi connectivity index (χ1) is 11.9. The highest BCUT2D eigenvalue weighted by atomic mass is 35.5. The fourth-order valence-electron chi connectivity index (χ4n) is 2.07. The summed E-state index contributed by atoms with van der Waals surface area (Å²) in [5.74, 6) is -0.212. The Hall–Kier alpha value is -2.07. The Morgan fingerprint density at radius 2 is 2.08 bits per heavy atom. The number of aromatic nitrogens is 5. The molecular formula is C14H11ClF3N5OS. The van der Waals surface area contributed by atoms with Crippen molar-refractivity contribution in [2.45, 2.75) is 30.6 Å². The lowest BCUT2D eigenvalue weighted by atomic mass is 10.2. The van der Waals surface area contributed by atoms with Gasteiger partial charge in [0.1, 0.15) is 0 Å². The molecule has 0 aliphatic carbocycles. The summed E-state index contributed by atoms with van der Waals surface area (Å²) in [6, 6.07) is 6.90. The molecule has 2 aromatic heterocycles. The monoisotopic (exact) mass is 389 g/mol. The Morgan fingerprint density at radius 3 is 2.76 bits per heavy atom. The van der Waals surface area contributed by atoms with E-state index in [4.69, 9.17) is 16.1 Å². The van der Waals surface area contributed by atoms with E-state index in [0.717, 1.165) is 16.3 Å². The van der Waals surface area contributed by atoms with Crippen LogP contribution in [0.25, 0.3) is 11.5 Å². The van der Waals surface area contributed by atoms with E-state index in [1.807, 2.05) is 0 Å². The van der Waals surface area contributed by atoms with Gasteiger partial charge in [0, 0.05) is 17.1 Å². The number of benzene rings is 1. The molecule has 0 N–H and O–H groups in total. The lowest BCUT2D eigenvalue weighted by Crippen LogP contribution is -2.14. The normalized spacial score (nSPS) is 11.9. The predicted molar refractivity (Wildman–Crippen MR) is 85.0 cm³/mol. The molecule has 0 spiro atoms. The molecule has 0 saturated carbocycles. The SMILES string of the molecule is CCn1c(SCc2noc(-c3cccc(Cl)c3)n2)nnc1C(F)(F)F. The summed E-state index contributed by atoms with van der Waals surface area (Å²) in [5.41, 5.74) is 0.660. The van der Waals surface area contributed by atoms with Crippen LogP contribution in [-0.4, -0.2) is 24.9 Å². The van der Waals surface area contributed by atoms with Crippen molar-refractivity contribution in [1.29, 1.82) is 0 Å². The molecule has 0 aliphatic heterocycles. The van der Waals surface area contributed by atoms with Gasteiger partial charge in [-0.15, -0.1) is 10.2 Å². The molecule has 0 unspecified atom stereocenters. The topological polar surface area (TPSA) is 69.6 Å². The molecule has 6 nitrogen and oxygen atoms in total. The highest BCUT2D eigenvalue weighted by Gasteiger charge is 2.38. The number of nitrogens with zero attached hydrogens (tertiary/aromatic N) is 5. The van der Waals surface area contributed by atoms with Gasteiger partial charge in [-0.1, -0.05) is 34.6 Å². The van der Waals surface area contributed by atoms with Gasteiger partial charge in [-0.3, -0.25) is 4.57 Å². The Bertz CT molecular complexity index is 879. The fourth-order valence-corrected chi connectivity index (χ4v) is 3.11. The summed E-state index contributed by atoms with van der Waals surface area (Å²) in [7, 11) is 0. The molecule has 0 bridgehead atoms. The second kappa shape index (κ2) is 7.04. The Balaban J connectivity index is 1.74. The van der Waals surface area contributed by atoms with Crippen LogP contribution in [0.1, 0.15) is 18.6 Å². The van der Waals surface area contributed by atoms with Gasteiger partial charge < -0.3 is 4.52 Å². The number of halogens is 4. The van der Waals surface area contributed by atoms with Crippen molar-refractivity contribution in [3.63, 3.8) is 0 Å². The molecule has 0 fully saturated rings. The smallest absolute Gasteiger partial charge is 0.334 e. The van der Waals surface area contributed by atoms with Crippen LogP contribution >= 0.6 is 23.4 Å². The second-order valence-corrected chi connectivity index (χ2v) is 6.24. The summed E-state index contributed by atoms with van der Waals surface area (Å²) in [6.07, 6.45) is -4.55. The molecule has 0 aliphatic rings. The van der Waals surface area contributed by atoms with Crippen LogP contribution in [0.5, 0.6) is 0 Å². The molecule has 2 heterocycles. The third-order valence-electron chi connectivity index (χ3n) is 3.16. The number of alkyl halides is 3. The van der Waals surface area contributed by atoms with Gasteiger partial charge >= 0.3 is 6.18 Å². The maximum absolute atomic E-state index is 12.9. The van der Waals surface area contributed by atoms with E-state index in [1.165, 1.54) is 0 Å². The van der Waals surface area contributed by atoms with Gasteiger partial charge in [0.25, 0.3) is 5.89 Å². The zero-order valence-electron chi connectivity index (χ0n) is 12.8. The van der Waals surface area contributed by atoms with Crippen molar-refractivity contribution in [3.8, 4) is 11.5 Å². The number of thioether (sulfide) groups is 1. The third kappa shape index (κ3) is 3.96. The van der Waals surface area contributed by atoms with Gasteiger partial charge in [0.2, 0.25) is 5.82 Å². The van der Waals surface area contributed by atoms with Crippen LogP contribution in [-0.2, 0) is 18.5 Å². The van der Waals surface area contributed by atoms with Crippen LogP contribution < -0.4 is 0 Å². The van der Waals surface area contributed by atoms with Crippen LogP contribution in [0, 0.1) is 0 Å². The van der Waals surface area contributed by atoms with E-state index in [2.05, 4.69) is 20.3 Å². The van der Waals surface area contributed by atoms with Crippen LogP contribution in [0.3, 0.4) is 0 Å². The summed E-state index contributed by atoms with van der Waals surface area (Å²) in [6.45, 7) is 1.69. The van der Waals surface area contributed by atoms with Crippen molar-refractivity contribution in [3.05, 3.63) is 40.9 Å². The minimum absolute atomic E-state index is 0.101.